The summed E-state index contributed by atoms with van der Waals surface area (Å²) in [5, 5.41) is 15.9. The van der Waals surface area contributed by atoms with Crippen molar-refractivity contribution in [1.29, 1.82) is 0 Å². The normalized spacial score (nSPS) is 12.1. The van der Waals surface area contributed by atoms with Crippen LogP contribution < -0.4 is 9.86 Å². The monoisotopic (exact) mass is 399 g/mol. The Morgan fingerprint density at radius 3 is 2.23 bits per heavy atom. The van der Waals surface area contributed by atoms with Crippen LogP contribution in [0.15, 0.2) is 52.3 Å². The molecule has 26 heavy (non-hydrogen) atoms. The van der Waals surface area contributed by atoms with Gasteiger partial charge in [0.15, 0.2) is 0 Å². The molecule has 3 N–H and O–H groups in total. The molecule has 0 aliphatic heterocycles. The first-order chi connectivity index (χ1) is 12.0. The first-order valence-electron chi connectivity index (χ1n) is 7.38. The zero-order valence-electron chi connectivity index (χ0n) is 13.7. The van der Waals surface area contributed by atoms with Crippen molar-refractivity contribution in [3.8, 4) is 0 Å². The molecule has 0 saturated heterocycles. The molecule has 0 atom stereocenters. The Balaban J connectivity index is 2.10. The zero-order valence-corrected chi connectivity index (χ0v) is 15.4. The van der Waals surface area contributed by atoms with Crippen molar-refractivity contribution in [1.82, 2.24) is 4.72 Å². The number of hydrogen-bond donors (Lipinski definition) is 2. The van der Waals surface area contributed by atoms with Gasteiger partial charge in [-0.15, -0.1) is 0 Å². The summed E-state index contributed by atoms with van der Waals surface area (Å²) in [5.41, 5.74) is 0.491. The van der Waals surface area contributed by atoms with Gasteiger partial charge in [-0.2, -0.15) is 0 Å². The fourth-order valence-corrected chi connectivity index (χ4v) is 4.15. The number of nitrogens with zero attached hydrogens (tertiary/aromatic N) is 1. The largest absolute Gasteiger partial charge is 0.273 e. The van der Waals surface area contributed by atoms with Crippen LogP contribution in [0.1, 0.15) is 11.1 Å². The van der Waals surface area contributed by atoms with Gasteiger partial charge in [-0.3, -0.25) is 10.1 Å². The van der Waals surface area contributed by atoms with E-state index in [0.29, 0.717) is 12.0 Å². The van der Waals surface area contributed by atoms with Crippen molar-refractivity contribution in [3.63, 3.8) is 0 Å². The number of nitro groups is 1. The van der Waals surface area contributed by atoms with Gasteiger partial charge in [0.1, 0.15) is 0 Å². The molecule has 0 aromatic heterocycles. The van der Waals surface area contributed by atoms with E-state index in [1.165, 1.54) is 49.4 Å². The molecule has 2 aromatic carbocycles. The van der Waals surface area contributed by atoms with Gasteiger partial charge in [0.25, 0.3) is 5.69 Å². The van der Waals surface area contributed by atoms with E-state index < -0.39 is 25.0 Å². The molecule has 0 heterocycles. The molecule has 0 unspecified atom stereocenters. The van der Waals surface area contributed by atoms with Crippen molar-refractivity contribution in [2.24, 2.45) is 5.14 Å². The minimum absolute atomic E-state index is 0.0333. The van der Waals surface area contributed by atoms with Crippen LogP contribution in [-0.4, -0.2) is 28.3 Å². The predicted molar refractivity (Wildman–Crippen MR) is 94.5 cm³/mol. The first kappa shape index (κ1) is 20.0. The summed E-state index contributed by atoms with van der Waals surface area (Å²) < 4.78 is 49.5. The lowest BCUT2D eigenvalue weighted by Crippen LogP contribution is -2.26. The molecule has 0 fully saturated rings. The molecule has 0 saturated carbocycles. The molecule has 2 aromatic rings. The number of hydrogen-bond acceptors (Lipinski definition) is 6. The van der Waals surface area contributed by atoms with Crippen molar-refractivity contribution in [2.75, 3.05) is 6.54 Å². The summed E-state index contributed by atoms with van der Waals surface area (Å²) in [5.74, 6) is 0. The van der Waals surface area contributed by atoms with Gasteiger partial charge in [0.05, 0.1) is 14.7 Å². The summed E-state index contributed by atoms with van der Waals surface area (Å²) in [4.78, 5) is 10.1. The van der Waals surface area contributed by atoms with Crippen molar-refractivity contribution < 1.29 is 21.8 Å². The van der Waals surface area contributed by atoms with Crippen LogP contribution in [-0.2, 0) is 26.5 Å². The number of nitro benzene ring substituents is 1. The fraction of sp³-hybridized carbons (Fsp3) is 0.200. The third-order valence-corrected chi connectivity index (χ3v) is 6.23. The number of nitrogens with one attached hydrogen (secondary N) is 1. The molecule has 0 aliphatic rings. The molecular formula is C15H17N3O6S2. The highest BCUT2D eigenvalue weighted by molar-refractivity contribution is 7.89. The number of sulfonamides is 2. The highest BCUT2D eigenvalue weighted by Crippen LogP contribution is 2.24. The lowest BCUT2D eigenvalue weighted by atomic mass is 10.2. The lowest BCUT2D eigenvalue weighted by molar-refractivity contribution is -0.385. The van der Waals surface area contributed by atoms with Crippen LogP contribution in [0.3, 0.4) is 0 Å². The van der Waals surface area contributed by atoms with E-state index in [4.69, 9.17) is 5.14 Å². The molecule has 0 bridgehead atoms. The summed E-state index contributed by atoms with van der Waals surface area (Å²) in [7, 11) is -7.70. The summed E-state index contributed by atoms with van der Waals surface area (Å²) in [6.07, 6.45) is 0.304. The Morgan fingerprint density at radius 1 is 1.08 bits per heavy atom. The Bertz CT molecular complexity index is 1030. The van der Waals surface area contributed by atoms with Crippen molar-refractivity contribution >= 4 is 25.7 Å². The van der Waals surface area contributed by atoms with Crippen LogP contribution in [0, 0.1) is 17.0 Å². The Kier molecular flexibility index (Phi) is 5.76. The minimum Gasteiger partial charge on any atom is -0.258 e. The number of primary sulfonamides is 1. The second kappa shape index (κ2) is 7.50. The number of rotatable bonds is 7. The summed E-state index contributed by atoms with van der Waals surface area (Å²) in [6.45, 7) is 1.41. The average Bonchev–Trinajstić information content (AvgIpc) is 2.54. The Hall–Kier alpha value is -2.34. The van der Waals surface area contributed by atoms with E-state index in [1.54, 1.807) is 0 Å². The maximum Gasteiger partial charge on any atom is 0.273 e. The predicted octanol–water partition coefficient (Wildman–Crippen LogP) is 1.07. The molecule has 2 rings (SSSR count). The van der Waals surface area contributed by atoms with Gasteiger partial charge in [0.2, 0.25) is 20.0 Å². The van der Waals surface area contributed by atoms with Gasteiger partial charge in [-0.1, -0.05) is 18.2 Å². The first-order valence-corrected chi connectivity index (χ1v) is 10.4. The molecular weight excluding hydrogens is 382 g/mol. The maximum atomic E-state index is 12.4. The molecule has 0 radical (unpaired) electrons. The van der Waals surface area contributed by atoms with E-state index in [9.17, 15) is 26.9 Å². The third kappa shape index (κ3) is 4.64. The van der Waals surface area contributed by atoms with Crippen LogP contribution in [0.25, 0.3) is 0 Å². The van der Waals surface area contributed by atoms with E-state index in [0.717, 1.165) is 0 Å². The molecule has 0 spiro atoms. The molecule has 11 heteroatoms. The van der Waals surface area contributed by atoms with E-state index in [1.807, 2.05) is 0 Å². The van der Waals surface area contributed by atoms with Crippen molar-refractivity contribution in [2.45, 2.75) is 23.1 Å². The molecule has 0 amide bonds. The lowest BCUT2D eigenvalue weighted by Gasteiger charge is -2.09. The van der Waals surface area contributed by atoms with Crippen LogP contribution in [0.4, 0.5) is 5.69 Å². The smallest absolute Gasteiger partial charge is 0.258 e. The Morgan fingerprint density at radius 2 is 1.69 bits per heavy atom. The van der Waals surface area contributed by atoms with Crippen LogP contribution >= 0.6 is 0 Å². The fourth-order valence-electron chi connectivity index (χ4n) is 2.35. The summed E-state index contributed by atoms with van der Waals surface area (Å²) >= 11 is 0. The number of benzene rings is 2. The molecule has 9 nitrogen and oxygen atoms in total. The van der Waals surface area contributed by atoms with Crippen LogP contribution in [0.2, 0.25) is 0 Å². The minimum atomic E-state index is -3.92. The quantitative estimate of drug-likeness (QED) is 0.525. The van der Waals surface area contributed by atoms with E-state index >= 15 is 0 Å². The molecule has 140 valence electrons. The SMILES string of the molecule is Cc1c([N+](=O)[O-])cccc1S(=O)(=O)NCCc1ccc(S(N)(=O)=O)cc1. The third-order valence-electron chi connectivity index (χ3n) is 3.70. The van der Waals surface area contributed by atoms with Gasteiger partial charge >= 0.3 is 0 Å². The highest BCUT2D eigenvalue weighted by atomic mass is 32.2. The van der Waals surface area contributed by atoms with Gasteiger partial charge in [-0.25, -0.2) is 26.7 Å². The maximum absolute atomic E-state index is 12.4. The zero-order chi connectivity index (χ0) is 19.5. The second-order valence-electron chi connectivity index (χ2n) is 5.49. The van der Waals surface area contributed by atoms with E-state index in [2.05, 4.69) is 4.72 Å². The van der Waals surface area contributed by atoms with Gasteiger partial charge in [0, 0.05) is 18.2 Å². The molecule has 0 aliphatic carbocycles. The van der Waals surface area contributed by atoms with Gasteiger partial charge in [-0.05, 0) is 37.1 Å². The number of nitrogens with two attached hydrogens (primary N) is 1. The Labute approximate surface area is 151 Å². The van der Waals surface area contributed by atoms with Gasteiger partial charge < -0.3 is 0 Å². The summed E-state index contributed by atoms with van der Waals surface area (Å²) in [6, 6.07) is 9.59. The van der Waals surface area contributed by atoms with E-state index in [-0.39, 0.29) is 27.6 Å². The van der Waals surface area contributed by atoms with Crippen LogP contribution in [0.5, 0.6) is 0 Å². The average molecular weight is 399 g/mol. The second-order valence-corrected chi connectivity index (χ2v) is 8.79. The van der Waals surface area contributed by atoms with Crippen molar-refractivity contribution in [3.05, 3.63) is 63.7 Å². The highest BCUT2D eigenvalue weighted by Gasteiger charge is 2.22. The standard InChI is InChI=1S/C15H17N3O6S2/c1-11-14(18(19)20)3-2-4-15(11)26(23,24)17-10-9-12-5-7-13(8-6-12)25(16,21)22/h2-8,17H,9-10H2,1H3,(H2,16,21,22). The topological polar surface area (TPSA) is 149 Å².